The first-order chi connectivity index (χ1) is 7.62. The summed E-state index contributed by atoms with van der Waals surface area (Å²) in [5.74, 6) is -0.308. The molecule has 0 spiro atoms. The van der Waals surface area contributed by atoms with Crippen molar-refractivity contribution < 1.29 is 14.6 Å². The summed E-state index contributed by atoms with van der Waals surface area (Å²) in [6, 6.07) is 5.01. The standard InChI is InChI=1S/C12H13NO3/c1-3-8-4-9(6-12(15)16-2)10(7-13)5-11(8)14/h4-5,14H,3,6H2,1-2H3. The third kappa shape index (κ3) is 2.51. The monoisotopic (exact) mass is 219 g/mol. The fourth-order valence-corrected chi connectivity index (χ4v) is 1.45. The van der Waals surface area contributed by atoms with Crippen LogP contribution in [0.4, 0.5) is 0 Å². The quantitative estimate of drug-likeness (QED) is 0.783. The van der Waals surface area contributed by atoms with Crippen LogP contribution in [0.5, 0.6) is 5.75 Å². The fourth-order valence-electron chi connectivity index (χ4n) is 1.45. The van der Waals surface area contributed by atoms with Crippen molar-refractivity contribution in [1.29, 1.82) is 5.26 Å². The number of ether oxygens (including phenoxy) is 1. The summed E-state index contributed by atoms with van der Waals surface area (Å²) >= 11 is 0. The lowest BCUT2D eigenvalue weighted by Crippen LogP contribution is -2.06. The number of aryl methyl sites for hydroxylation is 1. The predicted molar refractivity (Wildman–Crippen MR) is 57.9 cm³/mol. The molecular formula is C12H13NO3. The maximum Gasteiger partial charge on any atom is 0.310 e. The number of rotatable bonds is 3. The van der Waals surface area contributed by atoms with Crippen LogP contribution in [0.1, 0.15) is 23.6 Å². The zero-order valence-corrected chi connectivity index (χ0v) is 9.28. The zero-order valence-electron chi connectivity index (χ0n) is 9.28. The molecule has 1 aromatic carbocycles. The van der Waals surface area contributed by atoms with Crippen molar-refractivity contribution in [3.05, 3.63) is 28.8 Å². The first-order valence-electron chi connectivity index (χ1n) is 4.94. The van der Waals surface area contributed by atoms with Crippen LogP contribution in [0.2, 0.25) is 0 Å². The van der Waals surface area contributed by atoms with E-state index in [1.54, 1.807) is 6.07 Å². The van der Waals surface area contributed by atoms with Crippen molar-refractivity contribution >= 4 is 5.97 Å². The van der Waals surface area contributed by atoms with Crippen molar-refractivity contribution in [3.8, 4) is 11.8 Å². The van der Waals surface area contributed by atoms with Gasteiger partial charge in [0.15, 0.2) is 0 Å². The second kappa shape index (κ2) is 5.17. The van der Waals surface area contributed by atoms with E-state index in [4.69, 9.17) is 5.26 Å². The highest BCUT2D eigenvalue weighted by Crippen LogP contribution is 2.23. The number of phenols is 1. The van der Waals surface area contributed by atoms with Gasteiger partial charge in [0.25, 0.3) is 0 Å². The molecule has 0 saturated heterocycles. The molecule has 84 valence electrons. The highest BCUT2D eigenvalue weighted by atomic mass is 16.5. The number of hydrogen-bond donors (Lipinski definition) is 1. The van der Waals surface area contributed by atoms with Gasteiger partial charge < -0.3 is 9.84 Å². The van der Waals surface area contributed by atoms with Gasteiger partial charge in [0.2, 0.25) is 0 Å². The minimum atomic E-state index is -0.399. The van der Waals surface area contributed by atoms with Crippen LogP contribution in [-0.2, 0) is 22.4 Å². The number of carbonyl (C=O) groups excluding carboxylic acids is 1. The third-order valence-electron chi connectivity index (χ3n) is 2.37. The van der Waals surface area contributed by atoms with Gasteiger partial charge in [-0.15, -0.1) is 0 Å². The SMILES string of the molecule is CCc1cc(CC(=O)OC)c(C#N)cc1O. The van der Waals surface area contributed by atoms with Crippen LogP contribution >= 0.6 is 0 Å². The number of nitrogens with zero attached hydrogens (tertiary/aromatic N) is 1. The van der Waals surface area contributed by atoms with E-state index in [-0.39, 0.29) is 12.2 Å². The molecule has 0 heterocycles. The van der Waals surface area contributed by atoms with Gasteiger partial charge in [0.1, 0.15) is 5.75 Å². The summed E-state index contributed by atoms with van der Waals surface area (Å²) in [7, 11) is 1.30. The minimum absolute atomic E-state index is 0.0483. The van der Waals surface area contributed by atoms with Crippen molar-refractivity contribution in [2.75, 3.05) is 7.11 Å². The van der Waals surface area contributed by atoms with E-state index in [1.165, 1.54) is 13.2 Å². The zero-order chi connectivity index (χ0) is 12.1. The third-order valence-corrected chi connectivity index (χ3v) is 2.37. The molecule has 0 aliphatic carbocycles. The molecule has 4 nitrogen and oxygen atoms in total. The first-order valence-corrected chi connectivity index (χ1v) is 4.94. The maximum atomic E-state index is 11.1. The Labute approximate surface area is 94.1 Å². The molecule has 1 aromatic rings. The Kier molecular flexibility index (Phi) is 3.90. The normalized spacial score (nSPS) is 9.56. The number of methoxy groups -OCH3 is 1. The van der Waals surface area contributed by atoms with Crippen LogP contribution in [0.15, 0.2) is 12.1 Å². The number of hydrogen-bond acceptors (Lipinski definition) is 4. The van der Waals surface area contributed by atoms with Gasteiger partial charge in [-0.25, -0.2) is 0 Å². The minimum Gasteiger partial charge on any atom is -0.508 e. The molecule has 4 heteroatoms. The average Bonchev–Trinajstić information content (AvgIpc) is 2.30. The molecule has 0 unspecified atom stereocenters. The highest BCUT2D eigenvalue weighted by molar-refractivity contribution is 5.73. The second-order valence-electron chi connectivity index (χ2n) is 3.36. The van der Waals surface area contributed by atoms with Gasteiger partial charge in [-0.1, -0.05) is 13.0 Å². The Hall–Kier alpha value is -2.02. The molecule has 0 radical (unpaired) electrons. The number of aromatic hydroxyl groups is 1. The molecule has 0 amide bonds. The Morgan fingerprint density at radius 1 is 1.50 bits per heavy atom. The summed E-state index contributed by atoms with van der Waals surface area (Å²) in [4.78, 5) is 11.1. The number of nitriles is 1. The largest absolute Gasteiger partial charge is 0.508 e. The molecule has 0 fully saturated rings. The molecule has 0 aliphatic rings. The second-order valence-corrected chi connectivity index (χ2v) is 3.36. The number of carbonyl (C=O) groups is 1. The average molecular weight is 219 g/mol. The van der Waals surface area contributed by atoms with Gasteiger partial charge in [-0.3, -0.25) is 4.79 Å². The van der Waals surface area contributed by atoms with Gasteiger partial charge in [0.05, 0.1) is 25.2 Å². The van der Waals surface area contributed by atoms with Crippen LogP contribution < -0.4 is 0 Å². The smallest absolute Gasteiger partial charge is 0.310 e. The van der Waals surface area contributed by atoms with E-state index >= 15 is 0 Å². The topological polar surface area (TPSA) is 70.3 Å². The van der Waals surface area contributed by atoms with Crippen LogP contribution in [0.25, 0.3) is 0 Å². The highest BCUT2D eigenvalue weighted by Gasteiger charge is 2.11. The molecule has 0 aliphatic heterocycles. The van der Waals surface area contributed by atoms with E-state index in [1.807, 2.05) is 13.0 Å². The molecule has 1 N–H and O–H groups in total. The summed E-state index contributed by atoms with van der Waals surface area (Å²) in [6.45, 7) is 1.89. The number of phenolic OH excluding ortho intramolecular Hbond substituents is 1. The van der Waals surface area contributed by atoms with Crippen LogP contribution in [0, 0.1) is 11.3 Å². The van der Waals surface area contributed by atoms with Crippen molar-refractivity contribution in [1.82, 2.24) is 0 Å². The van der Waals surface area contributed by atoms with Crippen molar-refractivity contribution in [2.24, 2.45) is 0 Å². The van der Waals surface area contributed by atoms with Gasteiger partial charge in [-0.05, 0) is 23.6 Å². The Morgan fingerprint density at radius 2 is 2.19 bits per heavy atom. The maximum absolute atomic E-state index is 11.1. The van der Waals surface area contributed by atoms with Crippen molar-refractivity contribution in [3.63, 3.8) is 0 Å². The Morgan fingerprint density at radius 3 is 2.69 bits per heavy atom. The van der Waals surface area contributed by atoms with Gasteiger partial charge in [0, 0.05) is 0 Å². The fraction of sp³-hybridized carbons (Fsp3) is 0.333. The number of benzene rings is 1. The lowest BCUT2D eigenvalue weighted by atomic mass is 10.00. The lowest BCUT2D eigenvalue weighted by molar-refractivity contribution is -0.139. The lowest BCUT2D eigenvalue weighted by Gasteiger charge is -2.07. The Bertz CT molecular complexity index is 446. The van der Waals surface area contributed by atoms with Gasteiger partial charge in [-0.2, -0.15) is 5.26 Å². The van der Waals surface area contributed by atoms with E-state index in [2.05, 4.69) is 4.74 Å². The number of esters is 1. The van der Waals surface area contributed by atoms with Crippen LogP contribution in [0.3, 0.4) is 0 Å². The summed E-state index contributed by atoms with van der Waals surface area (Å²) in [6.07, 6.45) is 0.693. The van der Waals surface area contributed by atoms with E-state index in [0.717, 1.165) is 5.56 Å². The summed E-state index contributed by atoms with van der Waals surface area (Å²) < 4.78 is 4.55. The van der Waals surface area contributed by atoms with Gasteiger partial charge >= 0.3 is 5.97 Å². The molecule has 0 saturated carbocycles. The molecule has 0 atom stereocenters. The van der Waals surface area contributed by atoms with Crippen LogP contribution in [-0.4, -0.2) is 18.2 Å². The molecular weight excluding hydrogens is 206 g/mol. The first kappa shape index (κ1) is 12.1. The molecule has 0 aromatic heterocycles. The van der Waals surface area contributed by atoms with Crippen molar-refractivity contribution in [2.45, 2.75) is 19.8 Å². The summed E-state index contributed by atoms with van der Waals surface area (Å²) in [5, 5.41) is 18.4. The van der Waals surface area contributed by atoms with E-state index in [9.17, 15) is 9.90 Å². The molecule has 1 rings (SSSR count). The molecule has 16 heavy (non-hydrogen) atoms. The van der Waals surface area contributed by atoms with E-state index < -0.39 is 5.97 Å². The molecule has 0 bridgehead atoms. The predicted octanol–water partition coefficient (Wildman–Crippen LogP) is 1.54. The van der Waals surface area contributed by atoms with E-state index in [0.29, 0.717) is 17.5 Å². The summed E-state index contributed by atoms with van der Waals surface area (Å²) in [5.41, 5.74) is 1.61. The Balaban J connectivity index is 3.16.